The van der Waals surface area contributed by atoms with Crippen molar-refractivity contribution in [2.45, 2.75) is 25.3 Å². The van der Waals surface area contributed by atoms with Crippen LogP contribution in [0.15, 0.2) is 42.3 Å². The maximum atomic E-state index is 14.0. The second-order valence-electron chi connectivity index (χ2n) is 9.18. The summed E-state index contributed by atoms with van der Waals surface area (Å²) in [6, 6.07) is 7.24. The lowest BCUT2D eigenvalue weighted by Gasteiger charge is -2.35. The zero-order valence-electron chi connectivity index (χ0n) is 19.5. The molecule has 0 radical (unpaired) electrons. The van der Waals surface area contributed by atoms with Gasteiger partial charge in [0.25, 0.3) is 5.91 Å². The number of carbonyl (C=O) groups is 1. The molecule has 1 amide bonds. The number of allylic oxidation sites excluding steroid dienone is 1. The Morgan fingerprint density at radius 2 is 1.76 bits per heavy atom. The fourth-order valence-corrected chi connectivity index (χ4v) is 5.04. The van der Waals surface area contributed by atoms with Crippen LogP contribution in [0.2, 0.25) is 0 Å². The van der Waals surface area contributed by atoms with E-state index in [1.54, 1.807) is 19.0 Å². The topological polar surface area (TPSA) is 45.2 Å². The molecule has 1 atom stereocenters. The second kappa shape index (κ2) is 9.25. The minimum Gasteiger partial charge on any atom is -0.441 e. The molecule has 1 unspecified atom stereocenters. The molecule has 3 aliphatic rings. The van der Waals surface area contributed by atoms with Crippen molar-refractivity contribution in [1.29, 1.82) is 0 Å². The molecule has 180 valence electrons. The minimum atomic E-state index is -0.604. The lowest BCUT2D eigenvalue weighted by Crippen LogP contribution is -2.38. The minimum absolute atomic E-state index is 0.0895. The number of morpholine rings is 1. The Morgan fingerprint density at radius 3 is 2.47 bits per heavy atom. The third-order valence-electron chi connectivity index (χ3n) is 6.66. The van der Waals surface area contributed by atoms with E-state index in [1.165, 1.54) is 12.1 Å². The zero-order valence-corrected chi connectivity index (χ0v) is 19.5. The predicted octanol–water partition coefficient (Wildman–Crippen LogP) is 4.12. The largest absolute Gasteiger partial charge is 0.441 e. The summed E-state index contributed by atoms with van der Waals surface area (Å²) in [4.78, 5) is 18.6. The Kier molecular flexibility index (Phi) is 6.16. The van der Waals surface area contributed by atoms with Gasteiger partial charge in [-0.1, -0.05) is 0 Å². The number of carbonyl (C=O) groups excluding carboxylic acids is 1. The summed E-state index contributed by atoms with van der Waals surface area (Å²) < 4.78 is 40.0. The molecule has 6 nitrogen and oxygen atoms in total. The van der Waals surface area contributed by atoms with Crippen molar-refractivity contribution in [2.24, 2.45) is 0 Å². The quantitative estimate of drug-likeness (QED) is 0.674. The van der Waals surface area contributed by atoms with E-state index in [-0.39, 0.29) is 11.9 Å². The van der Waals surface area contributed by atoms with Crippen LogP contribution >= 0.6 is 0 Å². The summed E-state index contributed by atoms with van der Waals surface area (Å²) in [5.41, 5.74) is 2.90. The number of rotatable bonds is 4. The van der Waals surface area contributed by atoms with Gasteiger partial charge in [-0.2, -0.15) is 0 Å². The highest BCUT2D eigenvalue weighted by atomic mass is 19.1. The second-order valence-corrected chi connectivity index (χ2v) is 9.18. The molecule has 2 fully saturated rings. The highest BCUT2D eigenvalue weighted by Crippen LogP contribution is 2.44. The Balaban J connectivity index is 1.56. The molecule has 3 aliphatic heterocycles. The van der Waals surface area contributed by atoms with Gasteiger partial charge in [0.15, 0.2) is 5.88 Å². The highest BCUT2D eigenvalue weighted by Gasteiger charge is 2.33. The number of anilines is 1. The summed E-state index contributed by atoms with van der Waals surface area (Å²) in [5, 5.41) is 0. The van der Waals surface area contributed by atoms with Gasteiger partial charge < -0.3 is 24.2 Å². The summed E-state index contributed by atoms with van der Waals surface area (Å²) in [6.45, 7) is 3.48. The summed E-state index contributed by atoms with van der Waals surface area (Å²) in [5.74, 6) is 0.243. The Morgan fingerprint density at radius 1 is 1.03 bits per heavy atom. The fraction of sp³-hybridized carbons (Fsp3) is 0.423. The van der Waals surface area contributed by atoms with Gasteiger partial charge >= 0.3 is 0 Å². The van der Waals surface area contributed by atoms with Crippen LogP contribution in [0.4, 0.5) is 14.5 Å². The van der Waals surface area contributed by atoms with E-state index in [0.717, 1.165) is 54.8 Å². The molecule has 2 aromatic rings. The van der Waals surface area contributed by atoms with Gasteiger partial charge in [-0.25, -0.2) is 8.78 Å². The van der Waals surface area contributed by atoms with Crippen molar-refractivity contribution in [1.82, 2.24) is 9.80 Å². The molecule has 3 heterocycles. The summed E-state index contributed by atoms with van der Waals surface area (Å²) in [7, 11) is 3.46. The molecule has 0 bridgehead atoms. The number of hydrogen-bond donors (Lipinski definition) is 0. The van der Waals surface area contributed by atoms with E-state index in [0.29, 0.717) is 37.4 Å². The summed E-state index contributed by atoms with van der Waals surface area (Å²) >= 11 is 0. The predicted molar refractivity (Wildman–Crippen MR) is 125 cm³/mol. The lowest BCUT2D eigenvalue weighted by atomic mass is 9.94. The Labute approximate surface area is 198 Å². The molecule has 2 aromatic carbocycles. The van der Waals surface area contributed by atoms with E-state index in [4.69, 9.17) is 9.47 Å². The van der Waals surface area contributed by atoms with Gasteiger partial charge in [-0.15, -0.1) is 0 Å². The van der Waals surface area contributed by atoms with Crippen LogP contribution in [0, 0.1) is 11.6 Å². The number of halogens is 2. The molecule has 5 rings (SSSR count). The van der Waals surface area contributed by atoms with Gasteiger partial charge in [0.05, 0.1) is 19.3 Å². The monoisotopic (exact) mass is 469 g/mol. The Hall–Kier alpha value is -3.13. The number of benzene rings is 2. The molecule has 0 aromatic heterocycles. The average molecular weight is 470 g/mol. The third kappa shape index (κ3) is 4.34. The molecule has 34 heavy (non-hydrogen) atoms. The van der Waals surface area contributed by atoms with Gasteiger partial charge in [-0.05, 0) is 55.2 Å². The van der Waals surface area contributed by atoms with Gasteiger partial charge in [-0.3, -0.25) is 4.79 Å². The van der Waals surface area contributed by atoms with E-state index in [9.17, 15) is 13.6 Å². The Bertz CT molecular complexity index is 1110. The first-order chi connectivity index (χ1) is 16.4. The third-order valence-corrected chi connectivity index (χ3v) is 6.66. The molecule has 0 aliphatic carbocycles. The smallest absolute Gasteiger partial charge is 0.253 e. The van der Waals surface area contributed by atoms with Crippen molar-refractivity contribution in [3.63, 3.8) is 0 Å². The first-order valence-electron chi connectivity index (χ1n) is 11.7. The van der Waals surface area contributed by atoms with E-state index >= 15 is 0 Å². The van der Waals surface area contributed by atoms with Crippen LogP contribution in [-0.2, 0) is 11.2 Å². The number of hydrogen-bond acceptors (Lipinski definition) is 5. The van der Waals surface area contributed by atoms with Crippen LogP contribution < -0.4 is 9.64 Å². The lowest BCUT2D eigenvalue weighted by molar-refractivity contribution is 0.0337. The zero-order chi connectivity index (χ0) is 23.8. The molecule has 2 saturated heterocycles. The van der Waals surface area contributed by atoms with Crippen LogP contribution in [0.1, 0.15) is 40.4 Å². The highest BCUT2D eigenvalue weighted by molar-refractivity contribution is 5.94. The summed E-state index contributed by atoms with van der Waals surface area (Å²) in [6.07, 6.45) is 4.36. The average Bonchev–Trinajstić information content (AvgIpc) is 3.32. The number of amides is 1. The van der Waals surface area contributed by atoms with Gasteiger partial charge in [0, 0.05) is 56.6 Å². The van der Waals surface area contributed by atoms with E-state index in [1.807, 2.05) is 17.0 Å². The van der Waals surface area contributed by atoms with E-state index in [2.05, 4.69) is 11.0 Å². The van der Waals surface area contributed by atoms with Crippen molar-refractivity contribution in [3.8, 4) is 5.75 Å². The molecule has 8 heteroatoms. The van der Waals surface area contributed by atoms with Crippen LogP contribution in [0.3, 0.4) is 0 Å². The van der Waals surface area contributed by atoms with Crippen molar-refractivity contribution >= 4 is 11.6 Å². The van der Waals surface area contributed by atoms with E-state index < -0.39 is 11.6 Å². The van der Waals surface area contributed by atoms with Gasteiger partial charge in [0.1, 0.15) is 17.4 Å². The number of nitrogens with zero attached hydrogens (tertiary/aromatic N) is 3. The molecular formula is C26H29F2N3O3. The first kappa shape index (κ1) is 22.7. The van der Waals surface area contributed by atoms with Crippen molar-refractivity contribution in [3.05, 3.63) is 70.6 Å². The molecule has 0 saturated carbocycles. The normalized spacial score (nSPS) is 20.0. The van der Waals surface area contributed by atoms with Crippen molar-refractivity contribution in [2.75, 3.05) is 51.8 Å². The van der Waals surface area contributed by atoms with Gasteiger partial charge in [0.2, 0.25) is 0 Å². The first-order valence-corrected chi connectivity index (χ1v) is 11.7. The maximum Gasteiger partial charge on any atom is 0.253 e. The molecule has 0 spiro atoms. The van der Waals surface area contributed by atoms with Crippen LogP contribution in [-0.4, -0.2) is 62.7 Å². The molecule has 0 N–H and O–H groups in total. The number of fused-ring (bicyclic) bond motifs is 1. The van der Waals surface area contributed by atoms with Crippen LogP contribution in [0.5, 0.6) is 5.75 Å². The SMILES string of the molecule is CN(C)C(=O)c1cc2c(c(C3CCCN3c3cc(F)cc(F)c3)c1)OC(N1CCOCC1)=CC2. The maximum absolute atomic E-state index is 14.0. The van der Waals surface area contributed by atoms with Crippen LogP contribution in [0.25, 0.3) is 0 Å². The fourth-order valence-electron chi connectivity index (χ4n) is 5.04. The standard InChI is InChI=1S/C26H29F2N3O3/c1-29(2)26(32)18-12-17-5-6-24(30-8-10-33-11-9-30)34-25(17)22(13-18)23-4-3-7-31(23)21-15-19(27)14-20(28)16-21/h6,12-16,23H,3-5,7-11H2,1-2H3. The number of ether oxygens (including phenoxy) is 2. The molecular weight excluding hydrogens is 440 g/mol. The van der Waals surface area contributed by atoms with Crippen molar-refractivity contribution < 1.29 is 23.0 Å².